The second-order valence-electron chi connectivity index (χ2n) is 3.55. The third-order valence-corrected chi connectivity index (χ3v) is 4.78. The summed E-state index contributed by atoms with van der Waals surface area (Å²) in [5.74, 6) is 0. The molecular weight excluding hydrogens is 316 g/mol. The summed E-state index contributed by atoms with van der Waals surface area (Å²) < 4.78 is 27.2. The van der Waals surface area contributed by atoms with Crippen molar-refractivity contribution in [2.45, 2.75) is 10.9 Å². The van der Waals surface area contributed by atoms with E-state index in [-0.39, 0.29) is 16.0 Å². The lowest BCUT2D eigenvalue weighted by molar-refractivity contribution is 0.410. The molecule has 1 fully saturated rings. The molecule has 0 spiro atoms. The van der Waals surface area contributed by atoms with Crippen molar-refractivity contribution in [2.75, 3.05) is 13.1 Å². The van der Waals surface area contributed by atoms with Gasteiger partial charge in [-0.1, -0.05) is 27.5 Å². The fraction of sp³-hybridized carbons (Fsp3) is 0.333. The molecule has 88 valence electrons. The molecule has 1 saturated heterocycles. The zero-order valence-electron chi connectivity index (χ0n) is 8.20. The van der Waals surface area contributed by atoms with Crippen LogP contribution in [0.1, 0.15) is 0 Å². The highest BCUT2D eigenvalue weighted by atomic mass is 79.9. The van der Waals surface area contributed by atoms with Crippen molar-refractivity contribution in [3.63, 3.8) is 0 Å². The average molecular weight is 326 g/mol. The van der Waals surface area contributed by atoms with Gasteiger partial charge in [-0.2, -0.15) is 0 Å². The molecule has 1 aliphatic rings. The van der Waals surface area contributed by atoms with E-state index in [9.17, 15) is 8.42 Å². The number of hydrogen-bond donors (Lipinski definition) is 2. The predicted molar refractivity (Wildman–Crippen MR) is 66.1 cm³/mol. The van der Waals surface area contributed by atoms with E-state index in [0.717, 1.165) is 4.47 Å². The van der Waals surface area contributed by atoms with Crippen LogP contribution in [-0.4, -0.2) is 27.5 Å². The summed E-state index contributed by atoms with van der Waals surface area (Å²) >= 11 is 9.12. The van der Waals surface area contributed by atoms with Gasteiger partial charge in [0.25, 0.3) is 0 Å². The Hall–Kier alpha value is -0.140. The van der Waals surface area contributed by atoms with E-state index in [1.807, 2.05) is 0 Å². The van der Waals surface area contributed by atoms with E-state index in [1.165, 1.54) is 6.07 Å². The van der Waals surface area contributed by atoms with E-state index in [1.54, 1.807) is 12.1 Å². The van der Waals surface area contributed by atoms with Gasteiger partial charge in [0.15, 0.2) is 0 Å². The van der Waals surface area contributed by atoms with Crippen molar-refractivity contribution in [3.05, 3.63) is 27.7 Å². The molecule has 0 aliphatic carbocycles. The van der Waals surface area contributed by atoms with Gasteiger partial charge in [0.1, 0.15) is 4.90 Å². The molecular formula is C9H10BrClN2O2S. The standard InChI is InChI=1S/C9H10BrClN2O2S/c10-6-1-2-9(8(11)3-6)16(14,15)13-7-4-12-5-7/h1-3,7,12-13H,4-5H2. The maximum Gasteiger partial charge on any atom is 0.242 e. The Morgan fingerprint density at radius 1 is 1.44 bits per heavy atom. The van der Waals surface area contributed by atoms with Crippen LogP contribution < -0.4 is 10.0 Å². The van der Waals surface area contributed by atoms with Crippen LogP contribution in [0.2, 0.25) is 5.02 Å². The third kappa shape index (κ3) is 2.57. The highest BCUT2D eigenvalue weighted by Gasteiger charge is 2.25. The van der Waals surface area contributed by atoms with Crippen LogP contribution in [0.3, 0.4) is 0 Å². The number of benzene rings is 1. The van der Waals surface area contributed by atoms with Crippen molar-refractivity contribution in [1.29, 1.82) is 0 Å². The van der Waals surface area contributed by atoms with Gasteiger partial charge in [-0.05, 0) is 18.2 Å². The highest BCUT2D eigenvalue weighted by Crippen LogP contribution is 2.25. The van der Waals surface area contributed by atoms with Gasteiger partial charge >= 0.3 is 0 Å². The van der Waals surface area contributed by atoms with Crippen LogP contribution >= 0.6 is 27.5 Å². The monoisotopic (exact) mass is 324 g/mol. The first-order valence-electron chi connectivity index (χ1n) is 4.67. The Labute approximate surface area is 108 Å². The maximum absolute atomic E-state index is 11.9. The van der Waals surface area contributed by atoms with Gasteiger partial charge in [0.05, 0.1) is 5.02 Å². The summed E-state index contributed by atoms with van der Waals surface area (Å²) in [7, 11) is -3.51. The molecule has 7 heteroatoms. The molecule has 1 aromatic rings. The lowest BCUT2D eigenvalue weighted by Gasteiger charge is -2.27. The first-order chi connectivity index (χ1) is 7.49. The fourth-order valence-electron chi connectivity index (χ4n) is 1.35. The van der Waals surface area contributed by atoms with Gasteiger partial charge < -0.3 is 5.32 Å². The molecule has 2 rings (SSSR count). The Bertz CT molecular complexity index is 502. The Kier molecular flexibility index (Phi) is 3.56. The van der Waals surface area contributed by atoms with Crippen molar-refractivity contribution in [2.24, 2.45) is 0 Å². The normalized spacial score (nSPS) is 17.1. The number of halogens is 2. The van der Waals surface area contributed by atoms with E-state index in [4.69, 9.17) is 11.6 Å². The minimum absolute atomic E-state index is 0.0373. The van der Waals surface area contributed by atoms with Crippen molar-refractivity contribution in [3.8, 4) is 0 Å². The van der Waals surface area contributed by atoms with E-state index in [2.05, 4.69) is 26.0 Å². The topological polar surface area (TPSA) is 58.2 Å². The minimum Gasteiger partial charge on any atom is -0.313 e. The van der Waals surface area contributed by atoms with Crippen molar-refractivity contribution in [1.82, 2.24) is 10.0 Å². The summed E-state index contributed by atoms with van der Waals surface area (Å²) in [5, 5.41) is 3.21. The first-order valence-corrected chi connectivity index (χ1v) is 7.32. The molecule has 4 nitrogen and oxygen atoms in total. The van der Waals surface area contributed by atoms with Gasteiger partial charge in [0, 0.05) is 23.6 Å². The number of sulfonamides is 1. The van der Waals surface area contributed by atoms with Crippen molar-refractivity contribution >= 4 is 37.6 Å². The summed E-state index contributed by atoms with van der Waals surface area (Å²) in [6, 6.07) is 4.67. The molecule has 0 saturated carbocycles. The van der Waals surface area contributed by atoms with Gasteiger partial charge in [-0.15, -0.1) is 0 Å². The molecule has 16 heavy (non-hydrogen) atoms. The zero-order valence-corrected chi connectivity index (χ0v) is 11.4. The van der Waals surface area contributed by atoms with Crippen LogP contribution in [0.4, 0.5) is 0 Å². The molecule has 1 aromatic carbocycles. The molecule has 0 radical (unpaired) electrons. The molecule has 0 atom stereocenters. The van der Waals surface area contributed by atoms with E-state index >= 15 is 0 Å². The predicted octanol–water partition coefficient (Wildman–Crippen LogP) is 1.35. The van der Waals surface area contributed by atoms with E-state index < -0.39 is 10.0 Å². The number of hydrogen-bond acceptors (Lipinski definition) is 3. The average Bonchev–Trinajstić information content (AvgIpc) is 2.11. The largest absolute Gasteiger partial charge is 0.313 e. The second-order valence-corrected chi connectivity index (χ2v) is 6.56. The molecule has 1 heterocycles. The smallest absolute Gasteiger partial charge is 0.242 e. The summed E-state index contributed by atoms with van der Waals surface area (Å²) in [4.78, 5) is 0.115. The SMILES string of the molecule is O=S(=O)(NC1CNC1)c1ccc(Br)cc1Cl. The number of nitrogens with one attached hydrogen (secondary N) is 2. The van der Waals surface area contributed by atoms with Crippen LogP contribution in [0.15, 0.2) is 27.6 Å². The van der Waals surface area contributed by atoms with Crippen LogP contribution in [0.5, 0.6) is 0 Å². The Balaban J connectivity index is 2.27. The van der Waals surface area contributed by atoms with Crippen molar-refractivity contribution < 1.29 is 8.42 Å². The minimum atomic E-state index is -3.51. The highest BCUT2D eigenvalue weighted by molar-refractivity contribution is 9.10. The lowest BCUT2D eigenvalue weighted by Crippen LogP contribution is -2.56. The molecule has 0 bridgehead atoms. The molecule has 2 N–H and O–H groups in total. The fourth-order valence-corrected chi connectivity index (χ4v) is 3.62. The maximum atomic E-state index is 11.9. The molecule has 1 aliphatic heterocycles. The molecule has 0 amide bonds. The summed E-state index contributed by atoms with van der Waals surface area (Å²) in [6.45, 7) is 1.32. The quantitative estimate of drug-likeness (QED) is 0.882. The Morgan fingerprint density at radius 2 is 2.12 bits per heavy atom. The van der Waals surface area contributed by atoms with Gasteiger partial charge in [0.2, 0.25) is 10.0 Å². The first kappa shape index (κ1) is 12.3. The Morgan fingerprint density at radius 3 is 2.62 bits per heavy atom. The van der Waals surface area contributed by atoms with Crippen LogP contribution in [0, 0.1) is 0 Å². The summed E-state index contributed by atoms with van der Waals surface area (Å²) in [6.07, 6.45) is 0. The second kappa shape index (κ2) is 4.62. The van der Waals surface area contributed by atoms with E-state index in [0.29, 0.717) is 13.1 Å². The van der Waals surface area contributed by atoms with Crippen LogP contribution in [-0.2, 0) is 10.0 Å². The number of rotatable bonds is 3. The molecule has 0 aromatic heterocycles. The summed E-state index contributed by atoms with van der Waals surface area (Å²) in [5.41, 5.74) is 0. The zero-order chi connectivity index (χ0) is 11.8. The van der Waals surface area contributed by atoms with Gasteiger partial charge in [-0.25, -0.2) is 13.1 Å². The lowest BCUT2D eigenvalue weighted by atomic mass is 10.2. The molecule has 0 unspecified atom stereocenters. The third-order valence-electron chi connectivity index (χ3n) is 2.29. The van der Waals surface area contributed by atoms with Crippen LogP contribution in [0.25, 0.3) is 0 Å². The van der Waals surface area contributed by atoms with Gasteiger partial charge in [-0.3, -0.25) is 0 Å².